The number of carbonyl (C=O) groups is 2. The maximum Gasteiger partial charge on any atom is 0.404 e. The highest BCUT2D eigenvalue weighted by molar-refractivity contribution is 5.90. The highest BCUT2D eigenvalue weighted by Crippen LogP contribution is 2.15. The lowest BCUT2D eigenvalue weighted by Crippen LogP contribution is -2.21. The lowest BCUT2D eigenvalue weighted by atomic mass is 10.2. The first-order valence-corrected chi connectivity index (χ1v) is 9.34. The van der Waals surface area contributed by atoms with Crippen molar-refractivity contribution in [2.75, 3.05) is 11.9 Å². The molecule has 0 fully saturated rings. The van der Waals surface area contributed by atoms with Gasteiger partial charge >= 0.3 is 6.09 Å². The SMILES string of the molecule is O=C(O)NCCCCCC(=O)Nc1ccc(-c2nnc(-c3ccccn3)nn2)nc1. The Bertz CT molecular complexity index is 965. The van der Waals surface area contributed by atoms with Crippen molar-refractivity contribution in [3.05, 3.63) is 42.7 Å². The molecule has 3 aromatic heterocycles. The van der Waals surface area contributed by atoms with Gasteiger partial charge in [-0.05, 0) is 37.1 Å². The van der Waals surface area contributed by atoms with Crippen LogP contribution in [0.5, 0.6) is 0 Å². The molecule has 0 radical (unpaired) electrons. The van der Waals surface area contributed by atoms with Crippen LogP contribution in [0, 0.1) is 0 Å². The smallest absolute Gasteiger partial charge is 0.404 e. The average molecular weight is 408 g/mol. The molecule has 3 rings (SSSR count). The summed E-state index contributed by atoms with van der Waals surface area (Å²) in [6.07, 6.45) is 4.59. The molecule has 0 aliphatic heterocycles. The van der Waals surface area contributed by atoms with Crippen LogP contribution in [0.4, 0.5) is 10.5 Å². The number of rotatable bonds is 9. The van der Waals surface area contributed by atoms with Gasteiger partial charge in [0.2, 0.25) is 17.6 Å². The Kier molecular flexibility index (Phi) is 7.25. The van der Waals surface area contributed by atoms with E-state index in [1.807, 2.05) is 6.07 Å². The second-order valence-electron chi connectivity index (χ2n) is 6.29. The Balaban J connectivity index is 1.47. The van der Waals surface area contributed by atoms with Crippen LogP contribution in [0.1, 0.15) is 25.7 Å². The molecule has 11 nitrogen and oxygen atoms in total. The quantitative estimate of drug-likeness (QED) is 0.451. The zero-order valence-corrected chi connectivity index (χ0v) is 16.0. The van der Waals surface area contributed by atoms with Crippen LogP contribution in [-0.2, 0) is 4.79 Å². The Hall–Kier alpha value is -4.02. The standard InChI is InChI=1S/C19H20N8O3/c28-16(7-2-1-4-11-21-19(29)30)23-13-8-9-15(22-12-13)18-26-24-17(25-27-18)14-6-3-5-10-20-14/h3,5-6,8-10,12,21H,1-2,4,7,11H2,(H,23,28)(H,29,30). The molecule has 11 heteroatoms. The molecule has 0 spiro atoms. The van der Waals surface area contributed by atoms with E-state index in [2.05, 4.69) is 41.0 Å². The highest BCUT2D eigenvalue weighted by atomic mass is 16.4. The molecule has 3 aromatic rings. The van der Waals surface area contributed by atoms with Crippen LogP contribution in [0.3, 0.4) is 0 Å². The van der Waals surface area contributed by atoms with E-state index < -0.39 is 6.09 Å². The van der Waals surface area contributed by atoms with Crippen LogP contribution in [0.15, 0.2) is 42.7 Å². The summed E-state index contributed by atoms with van der Waals surface area (Å²) in [7, 11) is 0. The lowest BCUT2D eigenvalue weighted by molar-refractivity contribution is -0.116. The zero-order chi connectivity index (χ0) is 21.2. The number of carboxylic acid groups (broad SMARTS) is 1. The molecule has 30 heavy (non-hydrogen) atoms. The normalized spacial score (nSPS) is 10.4. The van der Waals surface area contributed by atoms with Crippen molar-refractivity contribution >= 4 is 17.7 Å². The fraction of sp³-hybridized carbons (Fsp3) is 0.263. The van der Waals surface area contributed by atoms with Crippen molar-refractivity contribution in [3.8, 4) is 23.0 Å². The Morgan fingerprint density at radius 1 is 0.867 bits per heavy atom. The number of aromatic nitrogens is 6. The highest BCUT2D eigenvalue weighted by Gasteiger charge is 2.09. The van der Waals surface area contributed by atoms with Crippen LogP contribution < -0.4 is 10.6 Å². The van der Waals surface area contributed by atoms with E-state index in [4.69, 9.17) is 5.11 Å². The van der Waals surface area contributed by atoms with Crippen LogP contribution in [0.2, 0.25) is 0 Å². The number of amides is 2. The molecular formula is C19H20N8O3. The number of hydrogen-bond donors (Lipinski definition) is 3. The molecule has 154 valence electrons. The van der Waals surface area contributed by atoms with E-state index in [1.54, 1.807) is 30.5 Å². The van der Waals surface area contributed by atoms with Gasteiger partial charge in [0.05, 0.1) is 11.9 Å². The average Bonchev–Trinajstić information content (AvgIpc) is 2.77. The van der Waals surface area contributed by atoms with Gasteiger partial charge in [0, 0.05) is 19.2 Å². The van der Waals surface area contributed by atoms with Gasteiger partial charge in [0.25, 0.3) is 0 Å². The minimum absolute atomic E-state index is 0.130. The monoisotopic (exact) mass is 408 g/mol. The minimum Gasteiger partial charge on any atom is -0.465 e. The van der Waals surface area contributed by atoms with Gasteiger partial charge in [0.15, 0.2) is 0 Å². The van der Waals surface area contributed by atoms with Crippen molar-refractivity contribution in [2.24, 2.45) is 0 Å². The Morgan fingerprint density at radius 3 is 2.20 bits per heavy atom. The molecule has 0 aromatic carbocycles. The zero-order valence-electron chi connectivity index (χ0n) is 16.0. The van der Waals surface area contributed by atoms with Crippen LogP contribution in [0.25, 0.3) is 23.0 Å². The van der Waals surface area contributed by atoms with Crippen molar-refractivity contribution in [2.45, 2.75) is 25.7 Å². The third-order valence-electron chi connectivity index (χ3n) is 4.01. The Labute approximate surface area is 172 Å². The maximum absolute atomic E-state index is 12.0. The summed E-state index contributed by atoms with van der Waals surface area (Å²) in [6.45, 7) is 0.386. The molecule has 0 aliphatic carbocycles. The second-order valence-corrected chi connectivity index (χ2v) is 6.29. The number of hydrogen-bond acceptors (Lipinski definition) is 8. The molecule has 3 N–H and O–H groups in total. The fourth-order valence-electron chi connectivity index (χ4n) is 2.54. The summed E-state index contributed by atoms with van der Waals surface area (Å²) in [6, 6.07) is 8.76. The van der Waals surface area contributed by atoms with E-state index in [-0.39, 0.29) is 11.7 Å². The summed E-state index contributed by atoms with van der Waals surface area (Å²) in [5, 5.41) is 29.7. The second kappa shape index (κ2) is 10.5. The molecule has 0 aliphatic rings. The topological polar surface area (TPSA) is 156 Å². The van der Waals surface area contributed by atoms with E-state index >= 15 is 0 Å². The fourth-order valence-corrected chi connectivity index (χ4v) is 2.54. The molecule has 0 bridgehead atoms. The molecule has 3 heterocycles. The predicted molar refractivity (Wildman–Crippen MR) is 107 cm³/mol. The molecule has 0 unspecified atom stereocenters. The third-order valence-corrected chi connectivity index (χ3v) is 4.01. The summed E-state index contributed by atoms with van der Waals surface area (Å²) in [4.78, 5) is 30.7. The summed E-state index contributed by atoms with van der Waals surface area (Å²) < 4.78 is 0. The molecule has 2 amide bonds. The van der Waals surface area contributed by atoms with Gasteiger partial charge in [0.1, 0.15) is 11.4 Å². The predicted octanol–water partition coefficient (Wildman–Crippen LogP) is 2.16. The van der Waals surface area contributed by atoms with Gasteiger partial charge < -0.3 is 15.7 Å². The van der Waals surface area contributed by atoms with Gasteiger partial charge in [-0.2, -0.15) is 0 Å². The number of anilines is 1. The van der Waals surface area contributed by atoms with Gasteiger partial charge in [-0.15, -0.1) is 20.4 Å². The van der Waals surface area contributed by atoms with Gasteiger partial charge in [-0.25, -0.2) is 4.79 Å². The first-order valence-electron chi connectivity index (χ1n) is 9.34. The molecule has 0 atom stereocenters. The van der Waals surface area contributed by atoms with Crippen molar-refractivity contribution in [1.29, 1.82) is 0 Å². The molecule has 0 saturated heterocycles. The van der Waals surface area contributed by atoms with E-state index in [0.717, 1.165) is 6.42 Å². The largest absolute Gasteiger partial charge is 0.465 e. The van der Waals surface area contributed by atoms with Crippen molar-refractivity contribution in [1.82, 2.24) is 35.7 Å². The lowest BCUT2D eigenvalue weighted by Gasteiger charge is -2.06. The van der Waals surface area contributed by atoms with Crippen molar-refractivity contribution < 1.29 is 14.7 Å². The number of nitrogens with one attached hydrogen (secondary N) is 2. The number of unbranched alkanes of at least 4 members (excludes halogenated alkanes) is 2. The van der Waals surface area contributed by atoms with Gasteiger partial charge in [-0.3, -0.25) is 14.8 Å². The minimum atomic E-state index is -1.04. The number of carbonyl (C=O) groups excluding carboxylic acids is 1. The van der Waals surface area contributed by atoms with Crippen LogP contribution in [-0.4, -0.2) is 54.0 Å². The summed E-state index contributed by atoms with van der Waals surface area (Å²) in [5.74, 6) is 0.458. The van der Waals surface area contributed by atoms with Crippen LogP contribution >= 0.6 is 0 Å². The van der Waals surface area contributed by atoms with Gasteiger partial charge in [-0.1, -0.05) is 12.5 Å². The maximum atomic E-state index is 12.0. The van der Waals surface area contributed by atoms with E-state index in [1.165, 1.54) is 6.20 Å². The Morgan fingerprint density at radius 2 is 1.60 bits per heavy atom. The molecular weight excluding hydrogens is 388 g/mol. The first-order chi connectivity index (χ1) is 14.6. The van der Waals surface area contributed by atoms with E-state index in [0.29, 0.717) is 48.7 Å². The van der Waals surface area contributed by atoms with Crippen molar-refractivity contribution in [3.63, 3.8) is 0 Å². The molecule has 0 saturated carbocycles. The third kappa shape index (κ3) is 6.26. The number of nitrogens with zero attached hydrogens (tertiary/aromatic N) is 6. The summed E-state index contributed by atoms with van der Waals surface area (Å²) >= 11 is 0. The first kappa shape index (κ1) is 20.7. The summed E-state index contributed by atoms with van der Waals surface area (Å²) in [5.41, 5.74) is 1.61. The number of pyridine rings is 2. The van der Waals surface area contributed by atoms with E-state index in [9.17, 15) is 9.59 Å².